The molecule has 1 N–H and O–H groups in total. The van der Waals surface area contributed by atoms with Crippen LogP contribution in [0.15, 0.2) is 41.3 Å². The van der Waals surface area contributed by atoms with Gasteiger partial charge in [-0.1, -0.05) is 30.5 Å². The third-order valence-corrected chi connectivity index (χ3v) is 6.20. The summed E-state index contributed by atoms with van der Waals surface area (Å²) in [6, 6.07) is 5.48. The van der Waals surface area contributed by atoms with Crippen LogP contribution in [0.1, 0.15) is 31.2 Å². The van der Waals surface area contributed by atoms with Crippen molar-refractivity contribution in [2.75, 3.05) is 5.88 Å². The number of hydrogen-bond acceptors (Lipinski definition) is 4. The minimum atomic E-state index is -3.97. The number of carbonyl (C=O) groups excluding carboxylic acids is 1. The van der Waals surface area contributed by atoms with Crippen molar-refractivity contribution in [1.29, 1.82) is 0 Å². The summed E-state index contributed by atoms with van der Waals surface area (Å²) in [6.07, 6.45) is 3.79. The Hall–Kier alpha value is -1.21. The molecule has 0 aliphatic carbocycles. The average Bonchev–Trinajstić information content (AvgIpc) is 2.54. The zero-order valence-corrected chi connectivity index (χ0v) is 15.1. The van der Waals surface area contributed by atoms with Crippen molar-refractivity contribution in [3.63, 3.8) is 0 Å². The summed E-state index contributed by atoms with van der Waals surface area (Å²) < 4.78 is 26.7. The molecule has 5 nitrogen and oxygen atoms in total. The zero-order valence-electron chi connectivity index (χ0n) is 13.6. The smallest absolute Gasteiger partial charge is 0.246 e. The highest BCUT2D eigenvalue weighted by Gasteiger charge is 2.40. The second-order valence-corrected chi connectivity index (χ2v) is 8.10. The molecule has 0 saturated heterocycles. The number of hydrogen-bond donors (Lipinski definition) is 1. The highest BCUT2D eigenvalue weighted by Crippen LogP contribution is 2.27. The number of rotatable bonds is 7. The number of aryl methyl sites for hydroxylation is 1. The van der Waals surface area contributed by atoms with Gasteiger partial charge in [0.05, 0.1) is 10.9 Å². The predicted molar refractivity (Wildman–Crippen MR) is 93.3 cm³/mol. The number of sulfonamides is 1. The lowest BCUT2D eigenvalue weighted by Crippen LogP contribution is -2.52. The molecule has 0 aromatic heterocycles. The highest BCUT2D eigenvalue weighted by molar-refractivity contribution is 7.89. The van der Waals surface area contributed by atoms with Gasteiger partial charge in [-0.15, -0.1) is 11.6 Å². The fraction of sp³-hybridized carbons (Fsp3) is 0.471. The van der Waals surface area contributed by atoms with E-state index in [4.69, 9.17) is 11.6 Å². The van der Waals surface area contributed by atoms with Crippen LogP contribution in [0, 0.1) is 6.92 Å². The van der Waals surface area contributed by atoms with Crippen LogP contribution in [-0.4, -0.2) is 41.8 Å². The van der Waals surface area contributed by atoms with E-state index in [1.54, 1.807) is 12.1 Å². The molecule has 2 atom stereocenters. The summed E-state index contributed by atoms with van der Waals surface area (Å²) in [5.41, 5.74) is 0.932. The molecule has 7 heteroatoms. The lowest BCUT2D eigenvalue weighted by atomic mass is 10.0. The quantitative estimate of drug-likeness (QED) is 0.590. The highest BCUT2D eigenvalue weighted by atomic mass is 35.5. The topological polar surface area (TPSA) is 74.7 Å². The first-order valence-corrected chi connectivity index (χ1v) is 9.91. The molecule has 1 aromatic carbocycles. The van der Waals surface area contributed by atoms with E-state index in [9.17, 15) is 18.3 Å². The third kappa shape index (κ3) is 4.25. The lowest BCUT2D eigenvalue weighted by molar-refractivity contribution is -0.121. The SMILES string of the molecule is Cc1ccc(S(=O)(=O)N2[C@H](CCCCCCl)C(=O)C=C[C@@H]2O)cc1. The summed E-state index contributed by atoms with van der Waals surface area (Å²) in [6.45, 7) is 1.86. The molecular formula is C17H22ClNO4S. The van der Waals surface area contributed by atoms with Gasteiger partial charge in [0.1, 0.15) is 6.23 Å². The van der Waals surface area contributed by atoms with Gasteiger partial charge in [-0.25, -0.2) is 8.42 Å². The van der Waals surface area contributed by atoms with Gasteiger partial charge >= 0.3 is 0 Å². The summed E-state index contributed by atoms with van der Waals surface area (Å²) >= 11 is 5.64. The second-order valence-electron chi connectivity index (χ2n) is 5.88. The van der Waals surface area contributed by atoms with Crippen molar-refractivity contribution in [1.82, 2.24) is 4.31 Å². The maximum Gasteiger partial charge on any atom is 0.246 e. The fourth-order valence-electron chi connectivity index (χ4n) is 2.71. The van der Waals surface area contributed by atoms with Crippen LogP contribution in [0.2, 0.25) is 0 Å². The number of halogens is 1. The van der Waals surface area contributed by atoms with E-state index < -0.39 is 22.3 Å². The molecule has 1 heterocycles. The van der Waals surface area contributed by atoms with E-state index in [-0.39, 0.29) is 10.7 Å². The first kappa shape index (κ1) is 19.1. The van der Waals surface area contributed by atoms with Gasteiger partial charge in [-0.2, -0.15) is 4.31 Å². The number of alkyl halides is 1. The van der Waals surface area contributed by atoms with Crippen molar-refractivity contribution in [3.8, 4) is 0 Å². The van der Waals surface area contributed by atoms with Gasteiger partial charge in [0, 0.05) is 5.88 Å². The zero-order chi connectivity index (χ0) is 17.7. The Labute approximate surface area is 148 Å². The molecule has 1 aliphatic rings. The van der Waals surface area contributed by atoms with Gasteiger partial charge < -0.3 is 5.11 Å². The molecule has 24 heavy (non-hydrogen) atoms. The van der Waals surface area contributed by atoms with Crippen LogP contribution in [0.25, 0.3) is 0 Å². The van der Waals surface area contributed by atoms with E-state index in [0.717, 1.165) is 22.7 Å². The number of benzene rings is 1. The normalized spacial score (nSPS) is 22.0. The molecule has 0 radical (unpaired) electrons. The van der Waals surface area contributed by atoms with E-state index in [1.807, 2.05) is 6.92 Å². The number of aliphatic hydroxyl groups excluding tert-OH is 1. The standard InChI is InChI=1S/C17H22ClNO4S/c1-13-6-8-14(9-7-13)24(22,23)19-15(5-3-2-4-12-18)16(20)10-11-17(19)21/h6-11,15,17,21H,2-5,12H2,1H3/t15-,17+/m1/s1. The Bertz CT molecular complexity index is 700. The van der Waals surface area contributed by atoms with E-state index >= 15 is 0 Å². The Morgan fingerprint density at radius 3 is 2.46 bits per heavy atom. The largest absolute Gasteiger partial charge is 0.374 e. The molecule has 0 unspecified atom stereocenters. The number of nitrogens with zero attached hydrogens (tertiary/aromatic N) is 1. The number of unbranched alkanes of at least 4 members (excludes halogenated alkanes) is 2. The van der Waals surface area contributed by atoms with Gasteiger partial charge in [0.15, 0.2) is 5.78 Å². The van der Waals surface area contributed by atoms with E-state index in [2.05, 4.69) is 0 Å². The van der Waals surface area contributed by atoms with E-state index in [1.165, 1.54) is 24.3 Å². The van der Waals surface area contributed by atoms with Crippen LogP contribution in [0.5, 0.6) is 0 Å². The average molecular weight is 372 g/mol. The number of carbonyl (C=O) groups is 1. The minimum absolute atomic E-state index is 0.0704. The van der Waals surface area contributed by atoms with Gasteiger partial charge in [0.25, 0.3) is 0 Å². The molecule has 1 aromatic rings. The predicted octanol–water partition coefficient (Wildman–Crippen LogP) is 2.61. The number of aliphatic hydroxyl groups is 1. The maximum atomic E-state index is 12.9. The van der Waals surface area contributed by atoms with Crippen molar-refractivity contribution in [2.45, 2.75) is 49.8 Å². The van der Waals surface area contributed by atoms with Crippen LogP contribution < -0.4 is 0 Å². The van der Waals surface area contributed by atoms with Crippen LogP contribution >= 0.6 is 11.6 Å². The van der Waals surface area contributed by atoms with Crippen molar-refractivity contribution < 1.29 is 18.3 Å². The Kier molecular flexibility index (Phi) is 6.57. The lowest BCUT2D eigenvalue weighted by Gasteiger charge is -2.34. The first-order chi connectivity index (χ1) is 11.4. The van der Waals surface area contributed by atoms with Gasteiger partial charge in [0.2, 0.25) is 10.0 Å². The Morgan fingerprint density at radius 1 is 1.17 bits per heavy atom. The Morgan fingerprint density at radius 2 is 1.83 bits per heavy atom. The summed E-state index contributed by atoms with van der Waals surface area (Å²) in [4.78, 5) is 12.3. The molecule has 0 fully saturated rings. The van der Waals surface area contributed by atoms with E-state index in [0.29, 0.717) is 18.7 Å². The van der Waals surface area contributed by atoms with Gasteiger partial charge in [-0.3, -0.25) is 4.79 Å². The maximum absolute atomic E-state index is 12.9. The van der Waals surface area contributed by atoms with Crippen molar-refractivity contribution in [2.24, 2.45) is 0 Å². The van der Waals surface area contributed by atoms with Crippen molar-refractivity contribution in [3.05, 3.63) is 42.0 Å². The summed E-state index contributed by atoms with van der Waals surface area (Å²) in [5.74, 6) is 0.230. The third-order valence-electron chi connectivity index (χ3n) is 4.04. The molecule has 2 rings (SSSR count). The monoisotopic (exact) mass is 371 g/mol. The molecular weight excluding hydrogens is 350 g/mol. The molecule has 132 valence electrons. The summed E-state index contributed by atoms with van der Waals surface area (Å²) in [7, 11) is -3.97. The van der Waals surface area contributed by atoms with Crippen LogP contribution in [0.3, 0.4) is 0 Å². The number of ketones is 1. The second kappa shape index (κ2) is 8.25. The minimum Gasteiger partial charge on any atom is -0.374 e. The molecule has 0 spiro atoms. The first-order valence-electron chi connectivity index (χ1n) is 7.94. The molecule has 0 bridgehead atoms. The molecule has 1 aliphatic heterocycles. The van der Waals surface area contributed by atoms with Gasteiger partial charge in [-0.05, 0) is 44.1 Å². The van der Waals surface area contributed by atoms with Crippen LogP contribution in [0.4, 0.5) is 0 Å². The Balaban J connectivity index is 2.29. The van der Waals surface area contributed by atoms with Crippen LogP contribution in [-0.2, 0) is 14.8 Å². The van der Waals surface area contributed by atoms with Crippen molar-refractivity contribution >= 4 is 27.4 Å². The molecule has 0 saturated carbocycles. The molecule has 0 amide bonds. The fourth-order valence-corrected chi connectivity index (χ4v) is 4.52. The summed E-state index contributed by atoms with van der Waals surface area (Å²) in [5, 5.41) is 10.2.